The van der Waals surface area contributed by atoms with Crippen LogP contribution < -0.4 is 10.2 Å². The fourth-order valence-corrected chi connectivity index (χ4v) is 5.00. The Morgan fingerprint density at radius 3 is 2.59 bits per heavy atom. The highest BCUT2D eigenvalue weighted by atomic mass is 32.2. The quantitative estimate of drug-likeness (QED) is 0.671. The maximum Gasteiger partial charge on any atom is 0.251 e. The van der Waals surface area contributed by atoms with Crippen molar-refractivity contribution in [3.63, 3.8) is 0 Å². The van der Waals surface area contributed by atoms with E-state index in [1.54, 1.807) is 18.0 Å². The molecule has 1 aromatic carbocycles. The van der Waals surface area contributed by atoms with Gasteiger partial charge in [0.2, 0.25) is 10.0 Å². The molecule has 0 atom stereocenters. The van der Waals surface area contributed by atoms with Gasteiger partial charge in [-0.2, -0.15) is 4.31 Å². The predicted molar refractivity (Wildman–Crippen MR) is 117 cm³/mol. The molecule has 1 aliphatic heterocycles. The van der Waals surface area contributed by atoms with Gasteiger partial charge in [-0.3, -0.25) is 4.79 Å². The number of piperazine rings is 1. The van der Waals surface area contributed by atoms with Crippen LogP contribution in [0, 0.1) is 6.92 Å². The van der Waals surface area contributed by atoms with E-state index >= 15 is 0 Å². The number of anilines is 1. The molecule has 1 aromatic heterocycles. The first-order valence-corrected chi connectivity index (χ1v) is 12.3. The van der Waals surface area contributed by atoms with Crippen LogP contribution in [0.15, 0.2) is 47.5 Å². The normalized spacial score (nSPS) is 15.3. The zero-order chi connectivity index (χ0) is 20.9. The van der Waals surface area contributed by atoms with Crippen LogP contribution in [0.1, 0.15) is 15.9 Å². The van der Waals surface area contributed by atoms with Crippen molar-refractivity contribution >= 4 is 33.5 Å². The van der Waals surface area contributed by atoms with Crippen molar-refractivity contribution in [2.45, 2.75) is 11.8 Å². The summed E-state index contributed by atoms with van der Waals surface area (Å²) in [6.45, 7) is 4.00. The van der Waals surface area contributed by atoms with E-state index in [-0.39, 0.29) is 18.2 Å². The third-order valence-electron chi connectivity index (χ3n) is 4.94. The van der Waals surface area contributed by atoms with Gasteiger partial charge in [0, 0.05) is 49.4 Å². The molecule has 29 heavy (non-hydrogen) atoms. The second-order valence-electron chi connectivity index (χ2n) is 6.83. The van der Waals surface area contributed by atoms with E-state index in [4.69, 9.17) is 0 Å². The number of benzene rings is 1. The Bertz CT molecular complexity index is 943. The zero-order valence-electron chi connectivity index (χ0n) is 16.7. The Labute approximate surface area is 176 Å². The van der Waals surface area contributed by atoms with Crippen molar-refractivity contribution in [3.8, 4) is 0 Å². The van der Waals surface area contributed by atoms with E-state index in [9.17, 15) is 13.2 Å². The van der Waals surface area contributed by atoms with Gasteiger partial charge in [-0.25, -0.2) is 13.4 Å². The Morgan fingerprint density at radius 1 is 1.17 bits per heavy atom. The molecule has 156 valence electrons. The molecule has 2 aromatic rings. The molecule has 0 aliphatic carbocycles. The molecule has 1 aliphatic rings. The average Bonchev–Trinajstić information content (AvgIpc) is 2.74. The minimum atomic E-state index is -3.42. The molecule has 1 fully saturated rings. The topological polar surface area (TPSA) is 82.6 Å². The molecular weight excluding hydrogens is 408 g/mol. The summed E-state index contributed by atoms with van der Waals surface area (Å²) in [6, 6.07) is 11.4. The molecule has 3 rings (SSSR count). The summed E-state index contributed by atoms with van der Waals surface area (Å²) in [4.78, 5) is 19.8. The summed E-state index contributed by atoms with van der Waals surface area (Å²) < 4.78 is 26.8. The number of hydrogen-bond donors (Lipinski definition) is 1. The molecule has 0 unspecified atom stereocenters. The number of nitrogens with zero attached hydrogens (tertiary/aromatic N) is 3. The molecule has 1 N–H and O–H groups in total. The van der Waals surface area contributed by atoms with Crippen LogP contribution in [0.3, 0.4) is 0 Å². The molecule has 1 amide bonds. The van der Waals surface area contributed by atoms with Gasteiger partial charge < -0.3 is 10.2 Å². The second kappa shape index (κ2) is 9.60. The third kappa shape index (κ3) is 5.49. The Hall–Kier alpha value is -2.10. The summed E-state index contributed by atoms with van der Waals surface area (Å²) >= 11 is 1.56. The summed E-state index contributed by atoms with van der Waals surface area (Å²) in [5, 5.41) is 2.75. The second-order valence-corrected chi connectivity index (χ2v) is 9.79. The number of thioether (sulfide) groups is 1. The fourth-order valence-electron chi connectivity index (χ4n) is 3.23. The van der Waals surface area contributed by atoms with Crippen molar-refractivity contribution in [1.82, 2.24) is 14.6 Å². The first-order chi connectivity index (χ1) is 13.9. The number of sulfonamides is 1. The molecule has 0 saturated carbocycles. The van der Waals surface area contributed by atoms with Crippen molar-refractivity contribution < 1.29 is 13.2 Å². The number of rotatable bonds is 7. The number of carbonyl (C=O) groups excluding carboxylic acids is 1. The van der Waals surface area contributed by atoms with Gasteiger partial charge >= 0.3 is 0 Å². The molecule has 2 heterocycles. The van der Waals surface area contributed by atoms with Crippen molar-refractivity contribution in [3.05, 3.63) is 53.7 Å². The lowest BCUT2D eigenvalue weighted by molar-refractivity contribution is 0.0955. The number of aromatic nitrogens is 1. The van der Waals surface area contributed by atoms with Crippen LogP contribution in [0.5, 0.6) is 0 Å². The molecule has 9 heteroatoms. The summed E-state index contributed by atoms with van der Waals surface area (Å²) in [5.41, 5.74) is 1.45. The van der Waals surface area contributed by atoms with E-state index in [0.717, 1.165) is 16.3 Å². The minimum absolute atomic E-state index is 0.0879. The van der Waals surface area contributed by atoms with Gasteiger partial charge in [-0.1, -0.05) is 12.1 Å². The van der Waals surface area contributed by atoms with Crippen LogP contribution >= 0.6 is 11.8 Å². The van der Waals surface area contributed by atoms with E-state index in [1.165, 1.54) is 4.31 Å². The zero-order valence-corrected chi connectivity index (χ0v) is 18.3. The molecule has 0 bridgehead atoms. The van der Waals surface area contributed by atoms with Crippen molar-refractivity contribution in [2.75, 3.05) is 49.6 Å². The van der Waals surface area contributed by atoms with Crippen molar-refractivity contribution in [1.29, 1.82) is 0 Å². The number of amides is 1. The first-order valence-electron chi connectivity index (χ1n) is 9.47. The van der Waals surface area contributed by atoms with Crippen LogP contribution in [-0.2, 0) is 10.0 Å². The monoisotopic (exact) mass is 434 g/mol. The summed E-state index contributed by atoms with van der Waals surface area (Å²) in [5.74, 6) is 0.511. The molecule has 0 spiro atoms. The lowest BCUT2D eigenvalue weighted by Crippen LogP contribution is -2.50. The first kappa shape index (κ1) is 21.6. The fraction of sp³-hybridized carbons (Fsp3) is 0.400. The number of carbonyl (C=O) groups is 1. The van der Waals surface area contributed by atoms with E-state index in [0.29, 0.717) is 31.7 Å². The maximum atomic E-state index is 12.7. The van der Waals surface area contributed by atoms with E-state index in [1.807, 2.05) is 49.6 Å². The van der Waals surface area contributed by atoms with Gasteiger partial charge in [0.1, 0.15) is 5.82 Å². The molecular formula is C20H26N4O3S2. The third-order valence-corrected chi connectivity index (χ3v) is 7.54. The van der Waals surface area contributed by atoms with Crippen molar-refractivity contribution in [2.24, 2.45) is 0 Å². The smallest absolute Gasteiger partial charge is 0.251 e. The van der Waals surface area contributed by atoms with Crippen LogP contribution in [0.25, 0.3) is 0 Å². The summed E-state index contributed by atoms with van der Waals surface area (Å²) in [7, 11) is -3.42. The standard InChI is InChI=1S/C20H26N4O3S2/c1-16-6-7-17(28-2)15-18(16)20(25)22-9-14-29(26,27)24-12-10-23(11-13-24)19-5-3-4-8-21-19/h3-8,15H,9-14H2,1-2H3,(H,22,25). The SMILES string of the molecule is CSc1ccc(C)c(C(=O)NCCS(=O)(=O)N2CCN(c3ccccn3)CC2)c1. The minimum Gasteiger partial charge on any atom is -0.354 e. The Morgan fingerprint density at radius 2 is 1.93 bits per heavy atom. The largest absolute Gasteiger partial charge is 0.354 e. The number of hydrogen-bond acceptors (Lipinski definition) is 6. The van der Waals surface area contributed by atoms with Crippen LogP contribution in [0.4, 0.5) is 5.82 Å². The summed E-state index contributed by atoms with van der Waals surface area (Å²) in [6.07, 6.45) is 3.68. The van der Waals surface area contributed by atoms with Gasteiger partial charge in [-0.15, -0.1) is 11.8 Å². The van der Waals surface area contributed by atoms with E-state index in [2.05, 4.69) is 15.2 Å². The number of nitrogens with one attached hydrogen (secondary N) is 1. The Balaban J connectivity index is 1.51. The lowest BCUT2D eigenvalue weighted by Gasteiger charge is -2.34. The Kier molecular flexibility index (Phi) is 7.15. The highest BCUT2D eigenvalue weighted by molar-refractivity contribution is 7.98. The maximum absolute atomic E-state index is 12.7. The lowest BCUT2D eigenvalue weighted by atomic mass is 10.1. The molecule has 7 nitrogen and oxygen atoms in total. The highest BCUT2D eigenvalue weighted by Gasteiger charge is 2.27. The number of pyridine rings is 1. The molecule has 1 saturated heterocycles. The van der Waals surface area contributed by atoms with Gasteiger partial charge in [0.15, 0.2) is 0 Å². The van der Waals surface area contributed by atoms with E-state index < -0.39 is 10.0 Å². The van der Waals surface area contributed by atoms with Gasteiger partial charge in [0.05, 0.1) is 5.75 Å². The number of aryl methyl sites for hydroxylation is 1. The predicted octanol–water partition coefficient (Wildman–Crippen LogP) is 1.99. The highest BCUT2D eigenvalue weighted by Crippen LogP contribution is 2.19. The van der Waals surface area contributed by atoms with Gasteiger partial charge in [0.25, 0.3) is 5.91 Å². The van der Waals surface area contributed by atoms with Crippen LogP contribution in [-0.4, -0.2) is 68.3 Å². The average molecular weight is 435 g/mol. The molecule has 0 radical (unpaired) electrons. The van der Waals surface area contributed by atoms with Crippen LogP contribution in [0.2, 0.25) is 0 Å². The van der Waals surface area contributed by atoms with Gasteiger partial charge in [-0.05, 0) is 43.0 Å².